The summed E-state index contributed by atoms with van der Waals surface area (Å²) in [5.74, 6) is -0.690. The largest absolute Gasteiger partial charge is 0.467 e. The lowest BCUT2D eigenvalue weighted by Gasteiger charge is -2.20. The Morgan fingerprint density at radius 2 is 1.69 bits per heavy atom. The van der Waals surface area contributed by atoms with Gasteiger partial charge in [-0.25, -0.2) is 9.48 Å². The Labute approximate surface area is 189 Å². The van der Waals surface area contributed by atoms with Crippen molar-refractivity contribution in [2.24, 2.45) is 0 Å². The minimum absolute atomic E-state index is 0.150. The van der Waals surface area contributed by atoms with Crippen molar-refractivity contribution < 1.29 is 14.3 Å². The number of amides is 1. The number of aromatic nitrogens is 2. The maximum absolute atomic E-state index is 12.7. The molecular formula is C25H30N4O3. The summed E-state index contributed by atoms with van der Waals surface area (Å²) in [5.41, 5.74) is 5.00. The number of benzene rings is 2. The molecule has 168 valence electrons. The van der Waals surface area contributed by atoms with Crippen molar-refractivity contribution in [2.75, 3.05) is 20.7 Å². The summed E-state index contributed by atoms with van der Waals surface area (Å²) < 4.78 is 6.81. The number of rotatable bonds is 9. The number of methoxy groups -OCH3 is 1. The highest BCUT2D eigenvalue weighted by Gasteiger charge is 2.23. The molecule has 0 aliphatic heterocycles. The predicted molar refractivity (Wildman–Crippen MR) is 123 cm³/mol. The Bertz CT molecular complexity index is 1050. The van der Waals surface area contributed by atoms with Crippen LogP contribution in [-0.2, 0) is 27.3 Å². The summed E-state index contributed by atoms with van der Waals surface area (Å²) in [6.45, 7) is 4.73. The van der Waals surface area contributed by atoms with Gasteiger partial charge in [0.05, 0.1) is 25.0 Å². The van der Waals surface area contributed by atoms with E-state index in [0.29, 0.717) is 13.0 Å². The van der Waals surface area contributed by atoms with Crippen molar-refractivity contribution in [3.8, 4) is 5.69 Å². The quantitative estimate of drug-likeness (QED) is 0.524. The van der Waals surface area contributed by atoms with Gasteiger partial charge in [0, 0.05) is 24.2 Å². The van der Waals surface area contributed by atoms with Gasteiger partial charge >= 0.3 is 5.97 Å². The highest BCUT2D eigenvalue weighted by molar-refractivity contribution is 5.85. The second-order valence-electron chi connectivity index (χ2n) is 7.90. The van der Waals surface area contributed by atoms with Crippen LogP contribution in [-0.4, -0.2) is 53.3 Å². The van der Waals surface area contributed by atoms with Crippen molar-refractivity contribution in [2.45, 2.75) is 32.9 Å². The van der Waals surface area contributed by atoms with Crippen LogP contribution >= 0.6 is 0 Å². The minimum Gasteiger partial charge on any atom is -0.467 e. The molecule has 1 unspecified atom stereocenters. The van der Waals surface area contributed by atoms with Gasteiger partial charge in [-0.1, -0.05) is 48.5 Å². The first kappa shape index (κ1) is 23.2. The number of ether oxygens (including phenoxy) is 1. The van der Waals surface area contributed by atoms with Gasteiger partial charge in [-0.15, -0.1) is 0 Å². The molecule has 0 aliphatic carbocycles. The van der Waals surface area contributed by atoms with Gasteiger partial charge in [-0.3, -0.25) is 9.69 Å². The zero-order valence-corrected chi connectivity index (χ0v) is 19.0. The van der Waals surface area contributed by atoms with E-state index in [-0.39, 0.29) is 12.5 Å². The molecule has 1 atom stereocenters. The first-order chi connectivity index (χ1) is 15.4. The van der Waals surface area contributed by atoms with E-state index in [1.807, 2.05) is 91.1 Å². The third-order valence-corrected chi connectivity index (χ3v) is 5.39. The second kappa shape index (κ2) is 10.7. The topological polar surface area (TPSA) is 76.5 Å². The highest BCUT2D eigenvalue weighted by Crippen LogP contribution is 2.19. The first-order valence-corrected chi connectivity index (χ1v) is 10.6. The van der Waals surface area contributed by atoms with Crippen molar-refractivity contribution >= 4 is 11.9 Å². The van der Waals surface area contributed by atoms with Crippen LogP contribution in [0.2, 0.25) is 0 Å². The van der Waals surface area contributed by atoms with Gasteiger partial charge in [0.15, 0.2) is 0 Å². The van der Waals surface area contributed by atoms with E-state index in [2.05, 4.69) is 10.4 Å². The molecule has 1 aromatic heterocycles. The fourth-order valence-electron chi connectivity index (χ4n) is 3.72. The normalized spacial score (nSPS) is 11.9. The standard InChI is InChI=1S/C25H30N4O3/c1-18-22(19(2)29(27-18)21-13-9-6-10-14-21)16-28(3)17-24(30)26-23(25(31)32-4)15-20-11-7-5-8-12-20/h5-14,23H,15-17H2,1-4H3,(H,26,30). The molecule has 0 saturated carbocycles. The number of nitrogens with zero attached hydrogens (tertiary/aromatic N) is 3. The molecule has 7 heteroatoms. The lowest BCUT2D eigenvalue weighted by molar-refractivity contribution is -0.145. The number of hydrogen-bond donors (Lipinski definition) is 1. The molecule has 0 fully saturated rings. The van der Waals surface area contributed by atoms with Gasteiger partial charge < -0.3 is 10.1 Å². The number of hydrogen-bond acceptors (Lipinski definition) is 5. The molecule has 7 nitrogen and oxygen atoms in total. The molecule has 0 spiro atoms. The average molecular weight is 435 g/mol. The number of nitrogens with one attached hydrogen (secondary N) is 1. The summed E-state index contributed by atoms with van der Waals surface area (Å²) in [6.07, 6.45) is 0.380. The number of aryl methyl sites for hydroxylation is 1. The molecule has 2 aromatic carbocycles. The summed E-state index contributed by atoms with van der Waals surface area (Å²) in [5, 5.41) is 7.49. The Hall–Kier alpha value is -3.45. The van der Waals surface area contributed by atoms with E-state index in [4.69, 9.17) is 4.74 Å². The molecule has 32 heavy (non-hydrogen) atoms. The van der Waals surface area contributed by atoms with Gasteiger partial charge in [0.2, 0.25) is 5.91 Å². The number of esters is 1. The van der Waals surface area contributed by atoms with Crippen LogP contribution in [0.1, 0.15) is 22.5 Å². The molecule has 1 heterocycles. The molecule has 1 N–H and O–H groups in total. The maximum atomic E-state index is 12.7. The Morgan fingerprint density at radius 3 is 2.31 bits per heavy atom. The highest BCUT2D eigenvalue weighted by atomic mass is 16.5. The van der Waals surface area contributed by atoms with E-state index >= 15 is 0 Å². The lowest BCUT2D eigenvalue weighted by atomic mass is 10.1. The molecule has 3 aromatic rings. The van der Waals surface area contributed by atoms with Crippen LogP contribution in [0.3, 0.4) is 0 Å². The third kappa shape index (κ3) is 5.82. The van der Waals surface area contributed by atoms with E-state index in [9.17, 15) is 9.59 Å². The second-order valence-corrected chi connectivity index (χ2v) is 7.90. The summed E-state index contributed by atoms with van der Waals surface area (Å²) in [7, 11) is 3.21. The van der Waals surface area contributed by atoms with Crippen molar-refractivity contribution in [1.29, 1.82) is 0 Å². The number of likely N-dealkylation sites (N-methyl/N-ethyl adjacent to an activating group) is 1. The van der Waals surface area contributed by atoms with Crippen molar-refractivity contribution in [3.63, 3.8) is 0 Å². The van der Waals surface area contributed by atoms with Gasteiger partial charge in [-0.05, 0) is 38.6 Å². The van der Waals surface area contributed by atoms with Crippen LogP contribution in [0.15, 0.2) is 60.7 Å². The smallest absolute Gasteiger partial charge is 0.328 e. The zero-order chi connectivity index (χ0) is 23.1. The van der Waals surface area contributed by atoms with E-state index in [1.54, 1.807) is 0 Å². The molecule has 0 radical (unpaired) electrons. The predicted octanol–water partition coefficient (Wildman–Crippen LogP) is 2.82. The zero-order valence-electron chi connectivity index (χ0n) is 19.0. The molecule has 3 rings (SSSR count). The fourth-order valence-corrected chi connectivity index (χ4v) is 3.72. The monoisotopic (exact) mass is 434 g/mol. The maximum Gasteiger partial charge on any atom is 0.328 e. The Kier molecular flexibility index (Phi) is 7.78. The van der Waals surface area contributed by atoms with Gasteiger partial charge in [0.1, 0.15) is 6.04 Å². The van der Waals surface area contributed by atoms with Gasteiger partial charge in [-0.2, -0.15) is 5.10 Å². The number of carbonyl (C=O) groups excluding carboxylic acids is 2. The summed E-state index contributed by atoms with van der Waals surface area (Å²) in [4.78, 5) is 26.8. The summed E-state index contributed by atoms with van der Waals surface area (Å²) >= 11 is 0. The first-order valence-electron chi connectivity index (χ1n) is 10.6. The molecule has 1 amide bonds. The summed E-state index contributed by atoms with van der Waals surface area (Å²) in [6, 6.07) is 18.8. The Morgan fingerprint density at radius 1 is 1.06 bits per heavy atom. The Balaban J connectivity index is 1.64. The van der Waals surface area contributed by atoms with Crippen LogP contribution in [0.25, 0.3) is 5.69 Å². The van der Waals surface area contributed by atoms with E-state index in [1.165, 1.54) is 7.11 Å². The van der Waals surface area contributed by atoms with Crippen LogP contribution in [0.4, 0.5) is 0 Å². The van der Waals surface area contributed by atoms with Crippen molar-refractivity contribution in [1.82, 2.24) is 20.0 Å². The van der Waals surface area contributed by atoms with Gasteiger partial charge in [0.25, 0.3) is 0 Å². The molecule has 0 bridgehead atoms. The third-order valence-electron chi connectivity index (χ3n) is 5.39. The molecule has 0 aliphatic rings. The average Bonchev–Trinajstić information content (AvgIpc) is 3.07. The van der Waals surface area contributed by atoms with Crippen LogP contribution in [0.5, 0.6) is 0 Å². The van der Waals surface area contributed by atoms with Crippen LogP contribution in [0, 0.1) is 13.8 Å². The molecule has 0 saturated heterocycles. The van der Waals surface area contributed by atoms with Crippen LogP contribution < -0.4 is 5.32 Å². The lowest BCUT2D eigenvalue weighted by Crippen LogP contribution is -2.46. The van der Waals surface area contributed by atoms with Crippen molar-refractivity contribution in [3.05, 3.63) is 83.2 Å². The number of para-hydroxylation sites is 1. The SMILES string of the molecule is COC(=O)C(Cc1ccccc1)NC(=O)CN(C)Cc1c(C)nn(-c2ccccc2)c1C. The molecular weight excluding hydrogens is 404 g/mol. The van der Waals surface area contributed by atoms with E-state index in [0.717, 1.165) is 28.2 Å². The fraction of sp³-hybridized carbons (Fsp3) is 0.320. The minimum atomic E-state index is -0.729. The van der Waals surface area contributed by atoms with E-state index < -0.39 is 12.0 Å². The number of carbonyl (C=O) groups is 2.